The van der Waals surface area contributed by atoms with Crippen LogP contribution in [0.3, 0.4) is 0 Å². The summed E-state index contributed by atoms with van der Waals surface area (Å²) >= 11 is 0. The number of aromatic nitrogens is 1. The van der Waals surface area contributed by atoms with Gasteiger partial charge in [-0.1, -0.05) is 24.3 Å². The summed E-state index contributed by atoms with van der Waals surface area (Å²) in [6.07, 6.45) is 1.44. The van der Waals surface area contributed by atoms with Crippen LogP contribution in [0, 0.1) is 27.2 Å². The van der Waals surface area contributed by atoms with Gasteiger partial charge in [-0.2, -0.15) is 0 Å². The highest BCUT2D eigenvalue weighted by atomic mass is 16.6. The SMILES string of the molecule is Cc1ccccc1COc1cccnc1NC(=O)c1cc([N+](=O)[O-])cc([N+](=O)[O-])c1. The van der Waals surface area contributed by atoms with Gasteiger partial charge < -0.3 is 10.1 Å². The van der Waals surface area contributed by atoms with Gasteiger partial charge in [0.25, 0.3) is 17.3 Å². The largest absolute Gasteiger partial charge is 0.485 e. The highest BCUT2D eigenvalue weighted by molar-refractivity contribution is 6.05. The summed E-state index contributed by atoms with van der Waals surface area (Å²) in [5, 5.41) is 24.5. The number of nitrogens with one attached hydrogen (secondary N) is 1. The maximum absolute atomic E-state index is 12.6. The lowest BCUT2D eigenvalue weighted by atomic mass is 10.1. The van der Waals surface area contributed by atoms with Gasteiger partial charge in [-0.25, -0.2) is 4.98 Å². The minimum Gasteiger partial charge on any atom is -0.485 e. The number of hydrogen-bond donors (Lipinski definition) is 1. The van der Waals surface area contributed by atoms with E-state index in [1.807, 2.05) is 31.2 Å². The fourth-order valence-corrected chi connectivity index (χ4v) is 2.65. The molecule has 1 heterocycles. The molecule has 0 aliphatic rings. The quantitative estimate of drug-likeness (QED) is 0.460. The monoisotopic (exact) mass is 408 g/mol. The van der Waals surface area contributed by atoms with Crippen LogP contribution in [0.25, 0.3) is 0 Å². The Morgan fingerprint density at radius 2 is 1.70 bits per heavy atom. The molecule has 0 saturated heterocycles. The van der Waals surface area contributed by atoms with Gasteiger partial charge in [0.1, 0.15) is 6.61 Å². The molecule has 2 aromatic carbocycles. The molecule has 1 amide bonds. The van der Waals surface area contributed by atoms with Crippen LogP contribution >= 0.6 is 0 Å². The molecule has 0 saturated carbocycles. The molecular formula is C20H16N4O6. The number of anilines is 1. The van der Waals surface area contributed by atoms with Gasteiger partial charge in [0.15, 0.2) is 11.6 Å². The van der Waals surface area contributed by atoms with Gasteiger partial charge in [0.2, 0.25) is 0 Å². The van der Waals surface area contributed by atoms with Crippen LogP contribution in [0.15, 0.2) is 60.8 Å². The minimum absolute atomic E-state index is 0.0882. The Morgan fingerprint density at radius 3 is 2.33 bits per heavy atom. The first-order valence-electron chi connectivity index (χ1n) is 8.72. The van der Waals surface area contributed by atoms with E-state index in [1.54, 1.807) is 12.1 Å². The normalized spacial score (nSPS) is 10.3. The fourth-order valence-electron chi connectivity index (χ4n) is 2.65. The Hall–Kier alpha value is -4.34. The number of aryl methyl sites for hydroxylation is 1. The van der Waals surface area contributed by atoms with E-state index in [-0.39, 0.29) is 23.7 Å². The Balaban J connectivity index is 1.83. The standard InChI is InChI=1S/C20H16N4O6/c1-13-5-2-3-6-14(13)12-30-18-7-4-8-21-19(18)22-20(25)15-9-16(23(26)27)11-17(10-15)24(28)29/h2-11H,12H2,1H3,(H,21,22,25). The zero-order valence-corrected chi connectivity index (χ0v) is 15.8. The molecule has 3 aromatic rings. The molecule has 0 atom stereocenters. The van der Waals surface area contributed by atoms with E-state index in [0.29, 0.717) is 0 Å². The lowest BCUT2D eigenvalue weighted by molar-refractivity contribution is -0.394. The van der Waals surface area contributed by atoms with Crippen molar-refractivity contribution in [2.45, 2.75) is 13.5 Å². The topological polar surface area (TPSA) is 138 Å². The van der Waals surface area contributed by atoms with Crippen LogP contribution in [0.1, 0.15) is 21.5 Å². The molecule has 1 N–H and O–H groups in total. The Labute approximate surface area is 170 Å². The number of ether oxygens (including phenoxy) is 1. The van der Waals surface area contributed by atoms with Gasteiger partial charge in [-0.05, 0) is 30.2 Å². The summed E-state index contributed by atoms with van der Waals surface area (Å²) in [4.78, 5) is 37.1. The number of amides is 1. The Bertz CT molecular complexity index is 1100. The smallest absolute Gasteiger partial charge is 0.277 e. The van der Waals surface area contributed by atoms with Crippen molar-refractivity contribution in [1.82, 2.24) is 4.98 Å². The number of nitro groups is 2. The third-order valence-corrected chi connectivity index (χ3v) is 4.23. The summed E-state index contributed by atoms with van der Waals surface area (Å²) in [6, 6.07) is 13.6. The summed E-state index contributed by atoms with van der Waals surface area (Å²) < 4.78 is 5.77. The third-order valence-electron chi connectivity index (χ3n) is 4.23. The molecule has 0 spiro atoms. The molecule has 0 bridgehead atoms. The van der Waals surface area contributed by atoms with Crippen molar-refractivity contribution in [1.29, 1.82) is 0 Å². The highest BCUT2D eigenvalue weighted by Gasteiger charge is 2.21. The molecule has 10 nitrogen and oxygen atoms in total. The second kappa shape index (κ2) is 8.78. The number of carbonyl (C=O) groups is 1. The number of rotatable bonds is 7. The van der Waals surface area contributed by atoms with Gasteiger partial charge in [0.05, 0.1) is 21.5 Å². The van der Waals surface area contributed by atoms with Crippen molar-refractivity contribution in [3.05, 3.63) is 97.7 Å². The second-order valence-corrected chi connectivity index (χ2v) is 6.27. The van der Waals surface area contributed by atoms with Gasteiger partial charge in [0, 0.05) is 18.3 Å². The van der Waals surface area contributed by atoms with Crippen molar-refractivity contribution < 1.29 is 19.4 Å². The molecular weight excluding hydrogens is 392 g/mol. The molecule has 3 rings (SSSR count). The summed E-state index contributed by atoms with van der Waals surface area (Å²) in [5.74, 6) is -0.416. The molecule has 0 radical (unpaired) electrons. The van der Waals surface area contributed by atoms with E-state index >= 15 is 0 Å². The maximum Gasteiger partial charge on any atom is 0.277 e. The van der Waals surface area contributed by atoms with Crippen molar-refractivity contribution in [3.63, 3.8) is 0 Å². The lowest BCUT2D eigenvalue weighted by Gasteiger charge is -2.12. The number of hydrogen-bond acceptors (Lipinski definition) is 7. The maximum atomic E-state index is 12.6. The molecule has 152 valence electrons. The Kier molecular flexibility index (Phi) is 5.97. The third kappa shape index (κ3) is 4.73. The first-order valence-corrected chi connectivity index (χ1v) is 8.72. The van der Waals surface area contributed by atoms with Crippen LogP contribution in [0.5, 0.6) is 5.75 Å². The average Bonchev–Trinajstić information content (AvgIpc) is 2.73. The fraction of sp³-hybridized carbons (Fsp3) is 0.100. The number of non-ortho nitro benzene ring substituents is 2. The van der Waals surface area contributed by atoms with E-state index in [4.69, 9.17) is 4.74 Å². The van der Waals surface area contributed by atoms with Crippen molar-refractivity contribution in [3.8, 4) is 5.75 Å². The van der Waals surface area contributed by atoms with E-state index in [0.717, 1.165) is 29.3 Å². The van der Waals surface area contributed by atoms with E-state index < -0.39 is 27.1 Å². The average molecular weight is 408 g/mol. The summed E-state index contributed by atoms with van der Waals surface area (Å²) in [7, 11) is 0. The summed E-state index contributed by atoms with van der Waals surface area (Å²) in [5.41, 5.74) is 0.619. The van der Waals surface area contributed by atoms with Gasteiger partial charge >= 0.3 is 0 Å². The van der Waals surface area contributed by atoms with Crippen LogP contribution in [0.2, 0.25) is 0 Å². The van der Waals surface area contributed by atoms with Crippen molar-refractivity contribution >= 4 is 23.1 Å². The van der Waals surface area contributed by atoms with E-state index in [2.05, 4.69) is 10.3 Å². The predicted molar refractivity (Wildman–Crippen MR) is 107 cm³/mol. The first-order chi connectivity index (χ1) is 14.3. The van der Waals surface area contributed by atoms with Crippen LogP contribution in [-0.2, 0) is 6.61 Å². The van der Waals surface area contributed by atoms with Gasteiger partial charge in [-0.15, -0.1) is 0 Å². The van der Waals surface area contributed by atoms with E-state index in [1.165, 1.54) is 6.20 Å². The number of pyridine rings is 1. The summed E-state index contributed by atoms with van der Waals surface area (Å²) in [6.45, 7) is 2.18. The minimum atomic E-state index is -0.804. The molecule has 30 heavy (non-hydrogen) atoms. The van der Waals surface area contributed by atoms with Crippen LogP contribution in [-0.4, -0.2) is 20.7 Å². The van der Waals surface area contributed by atoms with Crippen molar-refractivity contribution in [2.75, 3.05) is 5.32 Å². The highest BCUT2D eigenvalue weighted by Crippen LogP contribution is 2.26. The van der Waals surface area contributed by atoms with Crippen LogP contribution < -0.4 is 10.1 Å². The zero-order valence-electron chi connectivity index (χ0n) is 15.8. The van der Waals surface area contributed by atoms with Gasteiger partial charge in [-0.3, -0.25) is 25.0 Å². The van der Waals surface area contributed by atoms with E-state index in [9.17, 15) is 25.0 Å². The molecule has 1 aromatic heterocycles. The lowest BCUT2D eigenvalue weighted by Crippen LogP contribution is -2.15. The Morgan fingerprint density at radius 1 is 1.03 bits per heavy atom. The van der Waals surface area contributed by atoms with Crippen LogP contribution in [0.4, 0.5) is 17.2 Å². The predicted octanol–water partition coefficient (Wildman–Crippen LogP) is 4.04. The molecule has 0 unspecified atom stereocenters. The van der Waals surface area contributed by atoms with Crippen molar-refractivity contribution in [2.24, 2.45) is 0 Å². The number of carbonyl (C=O) groups excluding carboxylic acids is 1. The molecule has 0 aliphatic heterocycles. The number of nitro benzene ring substituents is 2. The number of nitrogens with zero attached hydrogens (tertiary/aromatic N) is 3. The number of benzene rings is 2. The first kappa shape index (κ1) is 20.4. The molecule has 0 aliphatic carbocycles. The second-order valence-electron chi connectivity index (χ2n) is 6.27. The zero-order chi connectivity index (χ0) is 21.7. The molecule has 10 heteroatoms. The molecule has 0 fully saturated rings.